The molecule has 0 atom stereocenters. The van der Waals surface area contributed by atoms with Crippen LogP contribution in [0.15, 0.2) is 9.59 Å². The van der Waals surface area contributed by atoms with E-state index in [-0.39, 0.29) is 12.1 Å². The van der Waals surface area contributed by atoms with Gasteiger partial charge in [0.05, 0.1) is 7.11 Å². The van der Waals surface area contributed by atoms with E-state index in [0.717, 1.165) is 25.7 Å². The fourth-order valence-corrected chi connectivity index (χ4v) is 1.99. The van der Waals surface area contributed by atoms with Crippen LogP contribution in [-0.2, 0) is 0 Å². The van der Waals surface area contributed by atoms with Gasteiger partial charge in [0.25, 0.3) is 0 Å². The quantitative estimate of drug-likeness (QED) is 0.750. The molecular weight excluding hydrogens is 198 g/mol. The molecule has 1 fully saturated rings. The van der Waals surface area contributed by atoms with E-state index >= 15 is 0 Å². The van der Waals surface area contributed by atoms with Gasteiger partial charge in [0.15, 0.2) is 0 Å². The smallest absolute Gasteiger partial charge is 0.356 e. The summed E-state index contributed by atoms with van der Waals surface area (Å²) in [6, 6.07) is -0.0288. The van der Waals surface area contributed by atoms with Crippen LogP contribution in [0.4, 0.5) is 0 Å². The molecule has 1 aliphatic rings. The molecule has 1 aliphatic carbocycles. The van der Waals surface area contributed by atoms with Crippen LogP contribution >= 0.6 is 0 Å². The maximum absolute atomic E-state index is 11.6. The van der Waals surface area contributed by atoms with Crippen molar-refractivity contribution in [1.29, 1.82) is 0 Å². The van der Waals surface area contributed by atoms with E-state index in [2.05, 4.69) is 9.97 Å². The molecule has 1 aromatic rings. The molecule has 0 saturated heterocycles. The molecule has 15 heavy (non-hydrogen) atoms. The third kappa shape index (κ3) is 1.79. The second-order valence-corrected chi connectivity index (χ2v) is 3.64. The normalized spacial score (nSPS) is 16.9. The van der Waals surface area contributed by atoms with E-state index < -0.39 is 11.4 Å². The van der Waals surface area contributed by atoms with Crippen molar-refractivity contribution < 1.29 is 4.74 Å². The Balaban J connectivity index is 2.47. The van der Waals surface area contributed by atoms with Crippen LogP contribution in [0.25, 0.3) is 0 Å². The second-order valence-electron chi connectivity index (χ2n) is 3.64. The Morgan fingerprint density at radius 3 is 2.60 bits per heavy atom. The average molecular weight is 211 g/mol. The van der Waals surface area contributed by atoms with E-state index in [9.17, 15) is 9.59 Å². The fraction of sp³-hybridized carbons (Fsp3) is 0.667. The van der Waals surface area contributed by atoms with Gasteiger partial charge in [-0.05, 0) is 12.8 Å². The van der Waals surface area contributed by atoms with Crippen LogP contribution < -0.4 is 16.1 Å². The van der Waals surface area contributed by atoms with Gasteiger partial charge in [-0.2, -0.15) is 0 Å². The van der Waals surface area contributed by atoms with Crippen molar-refractivity contribution in [3.63, 3.8) is 0 Å². The van der Waals surface area contributed by atoms with Gasteiger partial charge < -0.3 is 4.74 Å². The van der Waals surface area contributed by atoms with Crippen molar-refractivity contribution in [3.8, 4) is 6.01 Å². The first-order chi connectivity index (χ1) is 7.22. The van der Waals surface area contributed by atoms with Crippen LogP contribution in [0.5, 0.6) is 6.01 Å². The van der Waals surface area contributed by atoms with Gasteiger partial charge in [-0.3, -0.25) is 4.98 Å². The molecule has 2 rings (SSSR count). The van der Waals surface area contributed by atoms with Crippen molar-refractivity contribution >= 4 is 0 Å². The molecule has 0 aromatic carbocycles. The highest BCUT2D eigenvalue weighted by Crippen LogP contribution is 2.26. The van der Waals surface area contributed by atoms with Gasteiger partial charge in [-0.1, -0.05) is 12.8 Å². The van der Waals surface area contributed by atoms with Crippen LogP contribution in [0.1, 0.15) is 31.7 Å². The zero-order valence-corrected chi connectivity index (χ0v) is 8.52. The number of nitrogens with zero attached hydrogens (tertiary/aromatic N) is 2. The molecule has 1 aromatic heterocycles. The highest BCUT2D eigenvalue weighted by molar-refractivity contribution is 4.91. The van der Waals surface area contributed by atoms with E-state index in [1.165, 1.54) is 11.7 Å². The maximum Gasteiger partial charge on any atom is 0.356 e. The zero-order chi connectivity index (χ0) is 10.8. The van der Waals surface area contributed by atoms with Gasteiger partial charge >= 0.3 is 17.4 Å². The van der Waals surface area contributed by atoms with Crippen LogP contribution in [0, 0.1) is 0 Å². The number of aromatic amines is 1. The molecule has 1 N–H and O–H groups in total. The number of rotatable bonds is 2. The number of H-pyrrole nitrogens is 1. The van der Waals surface area contributed by atoms with E-state index in [1.807, 2.05) is 0 Å². The minimum atomic E-state index is -0.525. The largest absolute Gasteiger partial charge is 0.468 e. The maximum atomic E-state index is 11.6. The third-order valence-electron chi connectivity index (χ3n) is 2.72. The summed E-state index contributed by atoms with van der Waals surface area (Å²) in [4.78, 5) is 29.2. The molecule has 6 heteroatoms. The Kier molecular flexibility index (Phi) is 2.57. The van der Waals surface area contributed by atoms with E-state index in [4.69, 9.17) is 4.74 Å². The zero-order valence-electron chi connectivity index (χ0n) is 8.52. The Labute approximate surface area is 85.9 Å². The summed E-state index contributed by atoms with van der Waals surface area (Å²) in [7, 11) is 1.36. The summed E-state index contributed by atoms with van der Waals surface area (Å²) in [5.41, 5.74) is -0.957. The van der Waals surface area contributed by atoms with Crippen LogP contribution in [0.2, 0.25) is 0 Å². The summed E-state index contributed by atoms with van der Waals surface area (Å²) >= 11 is 0. The Morgan fingerprint density at radius 2 is 2.07 bits per heavy atom. The molecule has 0 bridgehead atoms. The Hall–Kier alpha value is -1.59. The van der Waals surface area contributed by atoms with Gasteiger partial charge in [-0.15, -0.1) is 4.98 Å². The van der Waals surface area contributed by atoms with Crippen molar-refractivity contribution in [3.05, 3.63) is 21.0 Å². The van der Waals surface area contributed by atoms with Crippen molar-refractivity contribution in [2.45, 2.75) is 31.7 Å². The van der Waals surface area contributed by atoms with E-state index in [1.54, 1.807) is 0 Å². The minimum Gasteiger partial charge on any atom is -0.468 e. The average Bonchev–Trinajstić information content (AvgIpc) is 2.69. The lowest BCUT2D eigenvalue weighted by Crippen LogP contribution is -2.39. The van der Waals surface area contributed by atoms with Gasteiger partial charge in [0.2, 0.25) is 0 Å². The molecule has 0 spiro atoms. The highest BCUT2D eigenvalue weighted by Gasteiger charge is 2.21. The molecule has 0 amide bonds. The van der Waals surface area contributed by atoms with Crippen molar-refractivity contribution in [2.75, 3.05) is 7.11 Å². The first-order valence-corrected chi connectivity index (χ1v) is 4.99. The van der Waals surface area contributed by atoms with Crippen LogP contribution in [0.3, 0.4) is 0 Å². The molecule has 0 unspecified atom stereocenters. The molecule has 82 valence electrons. The molecule has 0 radical (unpaired) electrons. The number of ether oxygens (including phenoxy) is 1. The number of hydrogen-bond acceptors (Lipinski definition) is 4. The fourth-order valence-electron chi connectivity index (χ4n) is 1.99. The number of nitrogens with one attached hydrogen (secondary N) is 1. The predicted octanol–water partition coefficient (Wildman–Crippen LogP) is 0.0553. The highest BCUT2D eigenvalue weighted by atomic mass is 16.5. The Morgan fingerprint density at radius 1 is 1.40 bits per heavy atom. The van der Waals surface area contributed by atoms with Gasteiger partial charge in [0, 0.05) is 6.04 Å². The topological polar surface area (TPSA) is 77.0 Å². The molecule has 6 nitrogen and oxygen atoms in total. The number of aromatic nitrogens is 3. The Bertz CT molecular complexity index is 425. The summed E-state index contributed by atoms with van der Waals surface area (Å²) in [5.74, 6) is 0. The number of hydrogen-bond donors (Lipinski definition) is 1. The van der Waals surface area contributed by atoms with Crippen molar-refractivity contribution in [1.82, 2.24) is 14.5 Å². The summed E-state index contributed by atoms with van der Waals surface area (Å²) < 4.78 is 5.90. The van der Waals surface area contributed by atoms with Crippen molar-refractivity contribution in [2.24, 2.45) is 0 Å². The monoisotopic (exact) mass is 211 g/mol. The van der Waals surface area contributed by atoms with E-state index in [0.29, 0.717) is 0 Å². The van der Waals surface area contributed by atoms with Gasteiger partial charge in [0.1, 0.15) is 0 Å². The minimum absolute atomic E-state index is 0.000318. The summed E-state index contributed by atoms with van der Waals surface area (Å²) in [6.07, 6.45) is 3.86. The second kappa shape index (κ2) is 3.88. The SMILES string of the molecule is COc1nc(=O)n(C2CCCC2)c(=O)[nH]1. The summed E-state index contributed by atoms with van der Waals surface area (Å²) in [6.45, 7) is 0. The number of methoxy groups -OCH3 is 1. The molecular formula is C9H13N3O3. The standard InChI is InChI=1S/C9H13N3O3/c1-15-7-10-8(13)12(9(14)11-7)6-4-2-3-5-6/h6H,2-5H2,1H3,(H,10,11,13,14). The summed E-state index contributed by atoms with van der Waals surface area (Å²) in [5, 5.41) is 0. The predicted molar refractivity (Wildman–Crippen MR) is 53.2 cm³/mol. The molecule has 1 heterocycles. The van der Waals surface area contributed by atoms with Crippen LogP contribution in [-0.4, -0.2) is 21.6 Å². The third-order valence-corrected chi connectivity index (χ3v) is 2.72. The van der Waals surface area contributed by atoms with Gasteiger partial charge in [-0.25, -0.2) is 14.2 Å². The lowest BCUT2D eigenvalue weighted by Gasteiger charge is -2.10. The molecule has 0 aliphatic heterocycles. The first-order valence-electron chi connectivity index (χ1n) is 4.99. The molecule has 1 saturated carbocycles. The lowest BCUT2D eigenvalue weighted by molar-refractivity contribution is 0.359. The lowest BCUT2D eigenvalue weighted by atomic mass is 10.2. The first kappa shape index (κ1) is 9.95.